The molecule has 0 aliphatic carbocycles. The van der Waals surface area contributed by atoms with Crippen molar-refractivity contribution in [3.63, 3.8) is 0 Å². The zero-order valence-corrected chi connectivity index (χ0v) is 12.5. The molecule has 20 heavy (non-hydrogen) atoms. The van der Waals surface area contributed by atoms with Crippen LogP contribution in [-0.2, 0) is 14.8 Å². The van der Waals surface area contributed by atoms with Gasteiger partial charge in [-0.1, -0.05) is 19.9 Å². The summed E-state index contributed by atoms with van der Waals surface area (Å²) in [6.45, 7) is 3.50. The highest BCUT2D eigenvalue weighted by Gasteiger charge is 2.18. The number of nitrogens with one attached hydrogen (secondary N) is 1. The number of benzene rings is 1. The van der Waals surface area contributed by atoms with E-state index >= 15 is 0 Å². The molecule has 0 aliphatic rings. The van der Waals surface area contributed by atoms with Crippen LogP contribution in [0.4, 0.5) is 0 Å². The summed E-state index contributed by atoms with van der Waals surface area (Å²) in [6, 6.07) is 5.53. The van der Waals surface area contributed by atoms with Crippen molar-refractivity contribution in [2.75, 3.05) is 13.7 Å². The van der Waals surface area contributed by atoms with E-state index in [0.29, 0.717) is 0 Å². The minimum atomic E-state index is -3.77. The van der Waals surface area contributed by atoms with Crippen molar-refractivity contribution in [3.8, 4) is 0 Å². The Morgan fingerprint density at radius 1 is 1.40 bits per heavy atom. The first-order valence-corrected chi connectivity index (χ1v) is 7.62. The third-order valence-electron chi connectivity index (χ3n) is 2.82. The molecule has 2 N–H and O–H groups in total. The van der Waals surface area contributed by atoms with E-state index < -0.39 is 22.1 Å². The summed E-state index contributed by atoms with van der Waals surface area (Å²) in [4.78, 5) is 11.3. The van der Waals surface area contributed by atoms with Gasteiger partial charge >= 0.3 is 5.97 Å². The minimum Gasteiger partial charge on any atom is -0.465 e. The second kappa shape index (κ2) is 6.83. The van der Waals surface area contributed by atoms with Crippen LogP contribution in [0.3, 0.4) is 0 Å². The van der Waals surface area contributed by atoms with E-state index in [1.807, 2.05) is 0 Å². The molecule has 0 fully saturated rings. The fourth-order valence-electron chi connectivity index (χ4n) is 1.42. The van der Waals surface area contributed by atoms with E-state index in [-0.39, 0.29) is 22.9 Å². The molecule has 0 heterocycles. The normalized spacial score (nSPS) is 13.2. The number of methoxy groups -OCH3 is 1. The number of hydrogen-bond acceptors (Lipinski definition) is 5. The summed E-state index contributed by atoms with van der Waals surface area (Å²) >= 11 is 0. The first-order valence-electron chi connectivity index (χ1n) is 6.14. The maximum atomic E-state index is 12.0. The van der Waals surface area contributed by atoms with Gasteiger partial charge in [0.15, 0.2) is 0 Å². The Bertz CT molecular complexity index is 568. The molecule has 0 saturated carbocycles. The Labute approximate surface area is 118 Å². The Morgan fingerprint density at radius 3 is 2.60 bits per heavy atom. The lowest BCUT2D eigenvalue weighted by atomic mass is 10.1. The number of esters is 1. The Hall–Kier alpha value is -1.44. The molecular weight excluding hydrogens is 282 g/mol. The predicted molar refractivity (Wildman–Crippen MR) is 73.8 cm³/mol. The van der Waals surface area contributed by atoms with Gasteiger partial charge in [0.25, 0.3) is 0 Å². The molecule has 1 rings (SSSR count). The third kappa shape index (κ3) is 4.29. The van der Waals surface area contributed by atoms with Gasteiger partial charge in [0.05, 0.1) is 23.7 Å². The summed E-state index contributed by atoms with van der Waals surface area (Å²) in [5.41, 5.74) is 0.153. The molecule has 0 radical (unpaired) electrons. The third-order valence-corrected chi connectivity index (χ3v) is 4.24. The van der Waals surface area contributed by atoms with E-state index in [1.54, 1.807) is 13.8 Å². The van der Waals surface area contributed by atoms with Crippen LogP contribution in [0.2, 0.25) is 0 Å². The summed E-state index contributed by atoms with van der Waals surface area (Å²) in [6.07, 6.45) is -0.770. The van der Waals surface area contributed by atoms with E-state index in [2.05, 4.69) is 9.46 Å². The van der Waals surface area contributed by atoms with Crippen molar-refractivity contribution >= 4 is 16.0 Å². The quantitative estimate of drug-likeness (QED) is 0.757. The van der Waals surface area contributed by atoms with Crippen molar-refractivity contribution in [2.24, 2.45) is 5.92 Å². The summed E-state index contributed by atoms with van der Waals surface area (Å²) < 4.78 is 30.9. The van der Waals surface area contributed by atoms with E-state index in [0.717, 1.165) is 0 Å². The molecule has 1 unspecified atom stereocenters. The number of rotatable bonds is 6. The monoisotopic (exact) mass is 301 g/mol. The molecule has 0 aliphatic heterocycles. The lowest BCUT2D eigenvalue weighted by molar-refractivity contribution is 0.0600. The average Bonchev–Trinajstić information content (AvgIpc) is 2.43. The molecule has 0 saturated heterocycles. The van der Waals surface area contributed by atoms with Crippen molar-refractivity contribution in [2.45, 2.75) is 24.8 Å². The number of aliphatic hydroxyl groups is 1. The Kier molecular flexibility index (Phi) is 5.67. The molecule has 1 atom stereocenters. The molecule has 6 nitrogen and oxygen atoms in total. The summed E-state index contributed by atoms with van der Waals surface area (Å²) in [7, 11) is -2.55. The Balaban J connectivity index is 2.90. The zero-order chi connectivity index (χ0) is 15.3. The molecule has 0 amide bonds. The smallest absolute Gasteiger partial charge is 0.337 e. The number of sulfonamides is 1. The zero-order valence-electron chi connectivity index (χ0n) is 11.7. The fraction of sp³-hybridized carbons (Fsp3) is 0.462. The topological polar surface area (TPSA) is 92.7 Å². The number of carbonyl (C=O) groups is 1. The van der Waals surface area contributed by atoms with Gasteiger partial charge < -0.3 is 9.84 Å². The largest absolute Gasteiger partial charge is 0.465 e. The summed E-state index contributed by atoms with van der Waals surface area (Å²) in [5, 5.41) is 9.62. The fourth-order valence-corrected chi connectivity index (χ4v) is 2.52. The van der Waals surface area contributed by atoms with Crippen molar-refractivity contribution < 1.29 is 23.1 Å². The molecule has 1 aromatic carbocycles. The number of carbonyl (C=O) groups excluding carboxylic acids is 1. The molecule has 0 spiro atoms. The van der Waals surface area contributed by atoms with Crippen molar-refractivity contribution in [3.05, 3.63) is 29.8 Å². The van der Waals surface area contributed by atoms with Gasteiger partial charge in [-0.05, 0) is 24.1 Å². The molecule has 1 aromatic rings. The van der Waals surface area contributed by atoms with Gasteiger partial charge in [-0.15, -0.1) is 0 Å². The van der Waals surface area contributed by atoms with Crippen LogP contribution < -0.4 is 4.72 Å². The standard InChI is InChI=1S/C13H19NO5S/c1-9(2)12(15)8-14-20(17,18)11-6-4-5-10(7-11)13(16)19-3/h4-7,9,12,14-15H,8H2,1-3H3. The number of ether oxygens (including phenoxy) is 1. The number of aliphatic hydroxyl groups excluding tert-OH is 1. The molecule has 0 bridgehead atoms. The van der Waals surface area contributed by atoms with Crippen molar-refractivity contribution in [1.82, 2.24) is 4.72 Å². The highest BCUT2D eigenvalue weighted by Crippen LogP contribution is 2.12. The van der Waals surface area contributed by atoms with Gasteiger partial charge in [0, 0.05) is 6.54 Å². The molecular formula is C13H19NO5S. The van der Waals surface area contributed by atoms with Crippen LogP contribution in [0, 0.1) is 5.92 Å². The molecule has 7 heteroatoms. The maximum Gasteiger partial charge on any atom is 0.337 e. The second-order valence-corrected chi connectivity index (χ2v) is 6.45. The van der Waals surface area contributed by atoms with Crippen LogP contribution >= 0.6 is 0 Å². The van der Waals surface area contributed by atoms with Crippen LogP contribution in [0.5, 0.6) is 0 Å². The van der Waals surface area contributed by atoms with Gasteiger partial charge in [-0.2, -0.15) is 0 Å². The molecule has 112 valence electrons. The average molecular weight is 301 g/mol. The lowest BCUT2D eigenvalue weighted by Crippen LogP contribution is -2.34. The Morgan fingerprint density at radius 2 is 2.05 bits per heavy atom. The minimum absolute atomic E-state index is 0.0450. The van der Waals surface area contributed by atoms with E-state index in [1.165, 1.54) is 31.4 Å². The van der Waals surface area contributed by atoms with Gasteiger partial charge in [0.1, 0.15) is 0 Å². The van der Waals surface area contributed by atoms with Crippen molar-refractivity contribution in [1.29, 1.82) is 0 Å². The molecule has 0 aromatic heterocycles. The highest BCUT2D eigenvalue weighted by atomic mass is 32.2. The van der Waals surface area contributed by atoms with Crippen LogP contribution in [0.1, 0.15) is 24.2 Å². The highest BCUT2D eigenvalue weighted by molar-refractivity contribution is 7.89. The van der Waals surface area contributed by atoms with E-state index in [9.17, 15) is 18.3 Å². The first-order chi connectivity index (χ1) is 9.27. The van der Waals surface area contributed by atoms with Gasteiger partial charge in [-0.25, -0.2) is 17.9 Å². The van der Waals surface area contributed by atoms with Crippen LogP contribution in [0.25, 0.3) is 0 Å². The SMILES string of the molecule is COC(=O)c1cccc(S(=O)(=O)NCC(O)C(C)C)c1. The number of hydrogen-bond donors (Lipinski definition) is 2. The van der Waals surface area contributed by atoms with Crippen LogP contribution in [-0.4, -0.2) is 39.3 Å². The first kappa shape index (κ1) is 16.6. The summed E-state index contributed by atoms with van der Waals surface area (Å²) in [5.74, 6) is -0.664. The van der Waals surface area contributed by atoms with Gasteiger partial charge in [-0.3, -0.25) is 0 Å². The van der Waals surface area contributed by atoms with Gasteiger partial charge in [0.2, 0.25) is 10.0 Å². The maximum absolute atomic E-state index is 12.0. The second-order valence-electron chi connectivity index (χ2n) is 4.68. The van der Waals surface area contributed by atoms with Crippen LogP contribution in [0.15, 0.2) is 29.2 Å². The lowest BCUT2D eigenvalue weighted by Gasteiger charge is -2.15. The predicted octanol–water partition coefficient (Wildman–Crippen LogP) is 0.768. The van der Waals surface area contributed by atoms with E-state index in [4.69, 9.17) is 0 Å².